The molecular weight excluding hydrogens is 432 g/mol. The highest BCUT2D eigenvalue weighted by atomic mass is 16.8. The van der Waals surface area contributed by atoms with Crippen LogP contribution in [-0.2, 0) is 30.1 Å². The lowest BCUT2D eigenvalue weighted by Crippen LogP contribution is -2.73. The number of methoxy groups -OCH3 is 1. The Bertz CT molecular complexity index is 1150. The van der Waals surface area contributed by atoms with Crippen LogP contribution in [0, 0.1) is 13.8 Å². The van der Waals surface area contributed by atoms with Crippen LogP contribution in [0.4, 0.5) is 0 Å². The van der Waals surface area contributed by atoms with E-state index in [4.69, 9.17) is 18.9 Å². The maximum absolute atomic E-state index is 12.8. The zero-order valence-corrected chi connectivity index (χ0v) is 19.5. The molecule has 0 spiro atoms. The molecule has 3 aromatic rings. The van der Waals surface area contributed by atoms with Crippen LogP contribution in [0.1, 0.15) is 34.1 Å². The topological polar surface area (TPSA) is 77.4 Å². The molecule has 2 heterocycles. The first-order valence-electron chi connectivity index (χ1n) is 11.5. The van der Waals surface area contributed by atoms with Crippen LogP contribution in [0.15, 0.2) is 78.9 Å². The monoisotopic (exact) mass is 462 g/mol. The molecule has 5 rings (SSSR count). The minimum atomic E-state index is -1.97. The molecule has 1 unspecified atom stereocenters. The van der Waals surface area contributed by atoms with Crippen molar-refractivity contribution in [3.05, 3.63) is 107 Å². The number of rotatable bonds is 4. The number of hydrogen-bond acceptors (Lipinski definition) is 6. The highest BCUT2D eigenvalue weighted by Gasteiger charge is 2.69. The van der Waals surface area contributed by atoms with Crippen molar-refractivity contribution < 1.29 is 29.2 Å². The summed E-state index contributed by atoms with van der Waals surface area (Å²) in [4.78, 5) is 0. The predicted molar refractivity (Wildman–Crippen MR) is 126 cm³/mol. The Labute approximate surface area is 199 Å². The maximum Gasteiger partial charge on any atom is 0.194 e. The molecule has 2 aliphatic heterocycles. The first-order chi connectivity index (χ1) is 16.4. The van der Waals surface area contributed by atoms with Gasteiger partial charge in [0.1, 0.15) is 12.2 Å². The molecule has 0 saturated carbocycles. The fourth-order valence-corrected chi connectivity index (χ4v) is 5.36. The second-order valence-electron chi connectivity index (χ2n) is 9.04. The normalized spacial score (nSPS) is 33.3. The summed E-state index contributed by atoms with van der Waals surface area (Å²) in [5, 5.41) is 25.3. The third kappa shape index (κ3) is 3.41. The molecule has 0 radical (unpaired) electrons. The summed E-state index contributed by atoms with van der Waals surface area (Å²) < 4.78 is 24.3. The molecule has 0 bridgehead atoms. The minimum Gasteiger partial charge on any atom is -0.379 e. The van der Waals surface area contributed by atoms with Crippen molar-refractivity contribution in [1.82, 2.24) is 0 Å². The lowest BCUT2D eigenvalue weighted by Gasteiger charge is -2.58. The van der Waals surface area contributed by atoms with Gasteiger partial charge in [-0.05, 0) is 36.1 Å². The van der Waals surface area contributed by atoms with E-state index in [0.717, 1.165) is 16.7 Å². The van der Waals surface area contributed by atoms with Crippen molar-refractivity contribution in [2.75, 3.05) is 13.7 Å². The van der Waals surface area contributed by atoms with Crippen LogP contribution in [0.2, 0.25) is 0 Å². The molecule has 2 fully saturated rings. The Balaban J connectivity index is 1.73. The van der Waals surface area contributed by atoms with E-state index < -0.39 is 36.0 Å². The lowest BCUT2D eigenvalue weighted by atomic mass is 9.65. The maximum atomic E-state index is 12.8. The van der Waals surface area contributed by atoms with Gasteiger partial charge in [-0.25, -0.2) is 0 Å². The summed E-state index contributed by atoms with van der Waals surface area (Å²) in [5.41, 5.74) is -0.385. The fraction of sp³-hybridized carbons (Fsp3) is 0.357. The predicted octanol–water partition coefficient (Wildman–Crippen LogP) is 3.86. The molecular formula is C28H30O6. The fourth-order valence-electron chi connectivity index (χ4n) is 5.36. The van der Waals surface area contributed by atoms with E-state index in [2.05, 4.69) is 0 Å². The molecule has 2 saturated heterocycles. The van der Waals surface area contributed by atoms with Gasteiger partial charge < -0.3 is 29.2 Å². The quantitative estimate of drug-likeness (QED) is 0.613. The summed E-state index contributed by atoms with van der Waals surface area (Å²) >= 11 is 0. The standard InChI is InChI=1S/C28H30O6/c1-18-11-7-9-15-21(18)27(29)24-23(17-32-25(34-24)20-13-5-4-6-14-20)33-26(31-3)28(27,30)22-16-10-8-12-19(22)2/h4-16,23-26,29-30H,17H2,1-3H3/t23-,24-,25?,26+,27+,28+/m1/s1. The van der Waals surface area contributed by atoms with E-state index in [1.165, 1.54) is 7.11 Å². The van der Waals surface area contributed by atoms with E-state index in [1.807, 2.05) is 86.6 Å². The Morgan fingerprint density at radius 2 is 1.32 bits per heavy atom. The van der Waals surface area contributed by atoms with Crippen molar-refractivity contribution in [3.8, 4) is 0 Å². The molecule has 6 nitrogen and oxygen atoms in total. The van der Waals surface area contributed by atoms with E-state index in [1.54, 1.807) is 6.07 Å². The Hall–Kier alpha value is -2.58. The van der Waals surface area contributed by atoms with Gasteiger partial charge in [0, 0.05) is 12.7 Å². The van der Waals surface area contributed by atoms with E-state index in [0.29, 0.717) is 11.1 Å². The molecule has 3 aromatic carbocycles. The first-order valence-corrected chi connectivity index (χ1v) is 11.5. The second kappa shape index (κ2) is 8.89. The molecule has 0 aromatic heterocycles. The molecule has 0 aliphatic carbocycles. The van der Waals surface area contributed by atoms with Crippen LogP contribution in [0.3, 0.4) is 0 Å². The van der Waals surface area contributed by atoms with Gasteiger partial charge >= 0.3 is 0 Å². The summed E-state index contributed by atoms with van der Waals surface area (Å²) in [7, 11) is 1.46. The molecule has 6 atom stereocenters. The van der Waals surface area contributed by atoms with Crippen molar-refractivity contribution in [3.63, 3.8) is 0 Å². The van der Waals surface area contributed by atoms with Gasteiger partial charge in [-0.3, -0.25) is 0 Å². The zero-order valence-electron chi connectivity index (χ0n) is 19.5. The number of benzene rings is 3. The molecule has 34 heavy (non-hydrogen) atoms. The lowest BCUT2D eigenvalue weighted by molar-refractivity contribution is -0.422. The summed E-state index contributed by atoms with van der Waals surface area (Å²) in [6.45, 7) is 3.97. The molecule has 2 N–H and O–H groups in total. The average molecular weight is 463 g/mol. The molecule has 6 heteroatoms. The Morgan fingerprint density at radius 1 is 0.765 bits per heavy atom. The van der Waals surface area contributed by atoms with Gasteiger partial charge in [-0.15, -0.1) is 0 Å². The number of fused-ring (bicyclic) bond motifs is 1. The van der Waals surface area contributed by atoms with Crippen molar-refractivity contribution in [2.45, 2.75) is 49.8 Å². The van der Waals surface area contributed by atoms with E-state index >= 15 is 0 Å². The number of ether oxygens (including phenoxy) is 4. The third-order valence-electron chi connectivity index (χ3n) is 7.05. The highest BCUT2D eigenvalue weighted by molar-refractivity contribution is 5.44. The Kier molecular flexibility index (Phi) is 6.06. The summed E-state index contributed by atoms with van der Waals surface area (Å²) in [6.07, 6.45) is -3.50. The van der Waals surface area contributed by atoms with Gasteiger partial charge in [0.25, 0.3) is 0 Å². The van der Waals surface area contributed by atoms with Gasteiger partial charge in [0.15, 0.2) is 23.8 Å². The minimum absolute atomic E-state index is 0.169. The van der Waals surface area contributed by atoms with Crippen molar-refractivity contribution in [1.29, 1.82) is 0 Å². The van der Waals surface area contributed by atoms with Crippen LogP contribution in [-0.4, -0.2) is 42.4 Å². The Morgan fingerprint density at radius 3 is 1.91 bits per heavy atom. The largest absolute Gasteiger partial charge is 0.379 e. The van der Waals surface area contributed by atoms with Crippen LogP contribution >= 0.6 is 0 Å². The highest BCUT2D eigenvalue weighted by Crippen LogP contribution is 2.55. The number of aliphatic hydroxyl groups is 2. The van der Waals surface area contributed by atoms with Crippen molar-refractivity contribution in [2.24, 2.45) is 0 Å². The van der Waals surface area contributed by atoms with Gasteiger partial charge in [0.05, 0.1) is 6.61 Å². The number of aryl methyl sites for hydroxylation is 2. The van der Waals surface area contributed by atoms with E-state index in [9.17, 15) is 10.2 Å². The van der Waals surface area contributed by atoms with Gasteiger partial charge in [0.2, 0.25) is 0 Å². The van der Waals surface area contributed by atoms with Crippen LogP contribution in [0.5, 0.6) is 0 Å². The SMILES string of the molecule is CO[C@H]1O[C@@H]2COC(c3ccccc3)O[C@H]2[C@@](O)(c2ccccc2C)[C@]1(O)c1ccccc1C. The zero-order chi connectivity index (χ0) is 23.9. The first kappa shape index (κ1) is 23.2. The molecule has 2 aliphatic rings. The van der Waals surface area contributed by atoms with Gasteiger partial charge in [-0.2, -0.15) is 0 Å². The van der Waals surface area contributed by atoms with Crippen LogP contribution in [0.25, 0.3) is 0 Å². The second-order valence-corrected chi connectivity index (χ2v) is 9.04. The van der Waals surface area contributed by atoms with E-state index in [-0.39, 0.29) is 6.61 Å². The summed E-state index contributed by atoms with van der Waals surface area (Å²) in [5.74, 6) is 0. The molecule has 0 amide bonds. The third-order valence-corrected chi connectivity index (χ3v) is 7.05. The number of hydrogen-bond donors (Lipinski definition) is 2. The van der Waals surface area contributed by atoms with Crippen LogP contribution < -0.4 is 0 Å². The van der Waals surface area contributed by atoms with Crippen molar-refractivity contribution >= 4 is 0 Å². The molecule has 178 valence electrons. The summed E-state index contributed by atoms with van der Waals surface area (Å²) in [6, 6.07) is 24.4. The average Bonchev–Trinajstić information content (AvgIpc) is 2.87. The smallest absolute Gasteiger partial charge is 0.194 e. The van der Waals surface area contributed by atoms with Gasteiger partial charge in [-0.1, -0.05) is 78.9 Å².